The lowest BCUT2D eigenvalue weighted by Gasteiger charge is -1.96. The zero-order valence-electron chi connectivity index (χ0n) is 5.14. The average Bonchev–Trinajstić information content (AvgIpc) is 1.95. The van der Waals surface area contributed by atoms with Crippen LogP contribution in [0.2, 0.25) is 0 Å². The number of halogens is 2. The van der Waals surface area contributed by atoms with E-state index in [0.717, 1.165) is 0 Å². The molecule has 2 N–H and O–H groups in total. The number of nitrogens with two attached hydrogens (primary N) is 1. The highest BCUT2D eigenvalue weighted by Gasteiger charge is 1.98. The van der Waals surface area contributed by atoms with Gasteiger partial charge in [-0.1, -0.05) is 0 Å². The Morgan fingerprint density at radius 2 is 2.40 bits per heavy atom. The molecule has 0 fully saturated rings. The van der Waals surface area contributed by atoms with Crippen LogP contribution < -0.4 is 5.73 Å². The van der Waals surface area contributed by atoms with Gasteiger partial charge in [0.2, 0.25) is 0 Å². The fourth-order valence-electron chi connectivity index (χ4n) is 0.565. The number of hydrogen-bond donors (Lipinski definition) is 1. The normalized spacial score (nSPS) is 9.90. The Morgan fingerprint density at radius 3 is 2.90 bits per heavy atom. The number of pyridine rings is 1. The van der Waals surface area contributed by atoms with E-state index in [-0.39, 0.29) is 12.4 Å². The van der Waals surface area contributed by atoms with Gasteiger partial charge in [-0.05, 0) is 28.7 Å². The van der Waals surface area contributed by atoms with E-state index < -0.39 is 0 Å². The van der Waals surface area contributed by atoms with Gasteiger partial charge in [-0.2, -0.15) is 0 Å². The highest BCUT2D eigenvalue weighted by molar-refractivity contribution is 14.1. The molecular weight excluding hydrogens is 246 g/mol. The molecule has 1 heterocycles. The Hall–Kier alpha value is -0.230. The summed E-state index contributed by atoms with van der Waals surface area (Å²) in [6.45, 7) is 0.286. The molecule has 0 radical (unpaired) electrons. The monoisotopic (exact) mass is 252 g/mol. The van der Waals surface area contributed by atoms with Gasteiger partial charge in [-0.25, -0.2) is 4.39 Å². The predicted molar refractivity (Wildman–Crippen MR) is 44.8 cm³/mol. The number of aromatic nitrogens is 1. The van der Waals surface area contributed by atoms with Crippen molar-refractivity contribution in [1.82, 2.24) is 4.98 Å². The number of hydrogen-bond acceptors (Lipinski definition) is 2. The van der Waals surface area contributed by atoms with Gasteiger partial charge in [-0.15, -0.1) is 0 Å². The van der Waals surface area contributed by atoms with Gasteiger partial charge in [0.25, 0.3) is 0 Å². The van der Waals surface area contributed by atoms with Crippen molar-refractivity contribution in [3.63, 3.8) is 0 Å². The zero-order chi connectivity index (χ0) is 7.56. The van der Waals surface area contributed by atoms with Crippen LogP contribution in [0.1, 0.15) is 5.69 Å². The van der Waals surface area contributed by atoms with E-state index in [4.69, 9.17) is 5.73 Å². The second-order valence-corrected chi connectivity index (χ2v) is 2.96. The van der Waals surface area contributed by atoms with E-state index in [2.05, 4.69) is 4.98 Å². The molecule has 0 aliphatic rings. The van der Waals surface area contributed by atoms with Crippen molar-refractivity contribution in [1.29, 1.82) is 0 Å². The maximum absolute atomic E-state index is 12.7. The second kappa shape index (κ2) is 3.25. The van der Waals surface area contributed by atoms with Crippen LogP contribution in [0.25, 0.3) is 0 Å². The van der Waals surface area contributed by atoms with Gasteiger partial charge in [-0.3, -0.25) is 4.98 Å². The van der Waals surface area contributed by atoms with Crippen molar-refractivity contribution in [2.45, 2.75) is 6.54 Å². The first-order valence-electron chi connectivity index (χ1n) is 2.74. The summed E-state index contributed by atoms with van der Waals surface area (Å²) in [7, 11) is 0. The summed E-state index contributed by atoms with van der Waals surface area (Å²) < 4.78 is 13.2. The molecule has 0 aromatic carbocycles. The van der Waals surface area contributed by atoms with Crippen LogP contribution in [0.3, 0.4) is 0 Å². The summed E-state index contributed by atoms with van der Waals surface area (Å²) in [6.07, 6.45) is 1.47. The molecule has 0 spiro atoms. The van der Waals surface area contributed by atoms with Crippen LogP contribution >= 0.6 is 22.6 Å². The third-order valence-corrected chi connectivity index (χ3v) is 1.87. The van der Waals surface area contributed by atoms with Crippen LogP contribution in [0.15, 0.2) is 12.3 Å². The molecule has 0 aliphatic carbocycles. The first-order chi connectivity index (χ1) is 4.74. The summed E-state index contributed by atoms with van der Waals surface area (Å²) in [5, 5.41) is 0. The van der Waals surface area contributed by atoms with Crippen LogP contribution in [-0.4, -0.2) is 4.98 Å². The quantitative estimate of drug-likeness (QED) is 0.765. The molecule has 54 valence electrons. The minimum atomic E-state index is -0.254. The van der Waals surface area contributed by atoms with Crippen molar-refractivity contribution in [2.75, 3.05) is 0 Å². The molecule has 0 amide bonds. The third kappa shape index (κ3) is 1.63. The topological polar surface area (TPSA) is 38.9 Å². The van der Waals surface area contributed by atoms with Crippen molar-refractivity contribution >= 4 is 22.6 Å². The third-order valence-electron chi connectivity index (χ3n) is 1.07. The Labute approximate surface area is 71.8 Å². The SMILES string of the molecule is NCc1cc(F)c(I)cn1. The predicted octanol–water partition coefficient (Wildman–Crippen LogP) is 1.28. The van der Waals surface area contributed by atoms with E-state index in [1.165, 1.54) is 12.3 Å². The van der Waals surface area contributed by atoms with Crippen molar-refractivity contribution in [3.8, 4) is 0 Å². The molecule has 0 bridgehead atoms. The highest BCUT2D eigenvalue weighted by atomic mass is 127. The highest BCUT2D eigenvalue weighted by Crippen LogP contribution is 2.08. The minimum Gasteiger partial charge on any atom is -0.325 e. The smallest absolute Gasteiger partial charge is 0.139 e. The summed E-state index contributed by atoms with van der Waals surface area (Å²) in [5.41, 5.74) is 5.82. The van der Waals surface area contributed by atoms with Crippen LogP contribution in [0, 0.1) is 9.39 Å². The van der Waals surface area contributed by atoms with Gasteiger partial charge in [0.05, 0.1) is 9.26 Å². The van der Waals surface area contributed by atoms with Gasteiger partial charge >= 0.3 is 0 Å². The van der Waals surface area contributed by atoms with Gasteiger partial charge < -0.3 is 5.73 Å². The van der Waals surface area contributed by atoms with Crippen molar-refractivity contribution in [3.05, 3.63) is 27.3 Å². The number of rotatable bonds is 1. The Bertz CT molecular complexity index is 239. The Morgan fingerprint density at radius 1 is 1.70 bits per heavy atom. The molecule has 1 aromatic rings. The fraction of sp³-hybridized carbons (Fsp3) is 0.167. The van der Waals surface area contributed by atoms with Gasteiger partial charge in [0, 0.05) is 12.7 Å². The molecule has 0 aliphatic heterocycles. The average molecular weight is 252 g/mol. The number of nitrogens with zero attached hydrogens (tertiary/aromatic N) is 1. The summed E-state index contributed by atoms with van der Waals surface area (Å²) in [6, 6.07) is 1.35. The van der Waals surface area contributed by atoms with E-state index >= 15 is 0 Å². The zero-order valence-corrected chi connectivity index (χ0v) is 7.30. The van der Waals surface area contributed by atoms with E-state index in [9.17, 15) is 4.39 Å². The molecule has 2 nitrogen and oxygen atoms in total. The first kappa shape index (κ1) is 7.87. The van der Waals surface area contributed by atoms with Crippen LogP contribution in [0.5, 0.6) is 0 Å². The van der Waals surface area contributed by atoms with E-state index in [1.54, 1.807) is 0 Å². The molecule has 10 heavy (non-hydrogen) atoms. The molecule has 4 heteroatoms. The van der Waals surface area contributed by atoms with Crippen LogP contribution in [0.4, 0.5) is 4.39 Å². The fourth-order valence-corrected chi connectivity index (χ4v) is 0.860. The molecular formula is C6H6FIN2. The van der Waals surface area contributed by atoms with Crippen molar-refractivity contribution < 1.29 is 4.39 Å². The maximum Gasteiger partial charge on any atom is 0.139 e. The molecule has 0 saturated heterocycles. The lowest BCUT2D eigenvalue weighted by molar-refractivity contribution is 0.614. The van der Waals surface area contributed by atoms with Gasteiger partial charge in [0.15, 0.2) is 0 Å². The second-order valence-electron chi connectivity index (χ2n) is 1.79. The first-order valence-corrected chi connectivity index (χ1v) is 3.82. The summed E-state index contributed by atoms with van der Waals surface area (Å²) in [5.74, 6) is -0.254. The lowest BCUT2D eigenvalue weighted by atomic mass is 10.3. The van der Waals surface area contributed by atoms with Crippen molar-refractivity contribution in [2.24, 2.45) is 5.73 Å². The van der Waals surface area contributed by atoms with Crippen LogP contribution in [-0.2, 0) is 6.54 Å². The van der Waals surface area contributed by atoms with E-state index in [1.807, 2.05) is 22.6 Å². The Balaban J connectivity index is 3.04. The molecule has 1 aromatic heterocycles. The standard InChI is InChI=1S/C6H6FIN2/c7-5-1-4(2-9)10-3-6(5)8/h1,3H,2,9H2. The van der Waals surface area contributed by atoms with E-state index in [0.29, 0.717) is 9.26 Å². The summed E-state index contributed by atoms with van der Waals surface area (Å²) >= 11 is 1.88. The molecule has 1 rings (SSSR count). The molecule has 0 unspecified atom stereocenters. The maximum atomic E-state index is 12.7. The largest absolute Gasteiger partial charge is 0.325 e. The minimum absolute atomic E-state index is 0.254. The molecule has 0 saturated carbocycles. The lowest BCUT2D eigenvalue weighted by Crippen LogP contribution is -2.00. The van der Waals surface area contributed by atoms with Gasteiger partial charge in [0.1, 0.15) is 5.82 Å². The summed E-state index contributed by atoms with van der Waals surface area (Å²) in [4.78, 5) is 3.89. The molecule has 0 atom stereocenters. The Kier molecular flexibility index (Phi) is 2.56.